The normalized spacial score (nSPS) is 10.3. The molecule has 2 aromatic rings. The van der Waals surface area contributed by atoms with Crippen molar-refractivity contribution in [3.63, 3.8) is 0 Å². The largest absolute Gasteiger partial charge is 0.325 e. The molecule has 0 aliphatic heterocycles. The molecule has 6 nitrogen and oxygen atoms in total. The average molecular weight is 340 g/mol. The second-order valence-electron chi connectivity index (χ2n) is 4.22. The molecule has 0 saturated carbocycles. The zero-order valence-electron chi connectivity index (χ0n) is 11.6. The van der Waals surface area contributed by atoms with Crippen molar-refractivity contribution in [1.29, 1.82) is 0 Å². The minimum Gasteiger partial charge on any atom is -0.325 e. The number of carbonyl (C=O) groups is 2. The molecular formula is C13H13FN4O2S2. The highest BCUT2D eigenvalue weighted by molar-refractivity contribution is 8.00. The number of amides is 2. The van der Waals surface area contributed by atoms with Crippen molar-refractivity contribution in [3.05, 3.63) is 35.1 Å². The van der Waals surface area contributed by atoms with E-state index in [4.69, 9.17) is 0 Å². The first-order valence-corrected chi connectivity index (χ1v) is 8.23. The maximum atomic E-state index is 12.7. The Kier molecular flexibility index (Phi) is 5.84. The molecule has 1 aromatic carbocycles. The number of hydrogen-bond donors (Lipinski definition) is 2. The highest BCUT2D eigenvalue weighted by Crippen LogP contribution is 2.14. The summed E-state index contributed by atoms with van der Waals surface area (Å²) in [5, 5.41) is 14.0. The van der Waals surface area contributed by atoms with Crippen LogP contribution < -0.4 is 10.6 Å². The molecule has 9 heteroatoms. The third kappa shape index (κ3) is 5.41. The standard InChI is InChI=1S/C13H13FN4O2S2/c1-8-17-18-13(22-8)16-12(20)7-21-6-11(19)15-10-4-2-9(14)3-5-10/h2-5H,6-7H2,1H3,(H,15,19)(H,16,18,20). The molecule has 22 heavy (non-hydrogen) atoms. The molecule has 0 bridgehead atoms. The van der Waals surface area contributed by atoms with E-state index < -0.39 is 0 Å². The molecule has 1 aromatic heterocycles. The highest BCUT2D eigenvalue weighted by atomic mass is 32.2. The van der Waals surface area contributed by atoms with E-state index in [1.165, 1.54) is 47.4 Å². The molecule has 0 unspecified atom stereocenters. The van der Waals surface area contributed by atoms with Crippen LogP contribution >= 0.6 is 23.1 Å². The first kappa shape index (κ1) is 16.4. The Balaban J connectivity index is 1.68. The molecule has 0 radical (unpaired) electrons. The minimum absolute atomic E-state index is 0.125. The van der Waals surface area contributed by atoms with Crippen molar-refractivity contribution in [2.75, 3.05) is 22.1 Å². The van der Waals surface area contributed by atoms with Crippen LogP contribution in [-0.2, 0) is 9.59 Å². The summed E-state index contributed by atoms with van der Waals surface area (Å²) in [4.78, 5) is 23.3. The van der Waals surface area contributed by atoms with Crippen molar-refractivity contribution < 1.29 is 14.0 Å². The van der Waals surface area contributed by atoms with Crippen LogP contribution in [0.1, 0.15) is 5.01 Å². The van der Waals surface area contributed by atoms with E-state index >= 15 is 0 Å². The Labute approximate surface area is 134 Å². The second kappa shape index (κ2) is 7.85. The van der Waals surface area contributed by atoms with Crippen LogP contribution in [0.25, 0.3) is 0 Å². The van der Waals surface area contributed by atoms with Gasteiger partial charge in [0, 0.05) is 5.69 Å². The lowest BCUT2D eigenvalue weighted by atomic mass is 10.3. The quantitative estimate of drug-likeness (QED) is 0.843. The zero-order valence-corrected chi connectivity index (χ0v) is 13.3. The van der Waals surface area contributed by atoms with Gasteiger partial charge in [-0.3, -0.25) is 14.9 Å². The maximum Gasteiger partial charge on any atom is 0.236 e. The van der Waals surface area contributed by atoms with E-state index in [-0.39, 0.29) is 29.1 Å². The number of benzene rings is 1. The van der Waals surface area contributed by atoms with Gasteiger partial charge in [-0.05, 0) is 31.2 Å². The summed E-state index contributed by atoms with van der Waals surface area (Å²) in [6.07, 6.45) is 0. The molecule has 0 fully saturated rings. The summed E-state index contributed by atoms with van der Waals surface area (Å²) in [6, 6.07) is 5.48. The van der Waals surface area contributed by atoms with E-state index in [1.54, 1.807) is 6.92 Å². The van der Waals surface area contributed by atoms with Crippen LogP contribution in [0.4, 0.5) is 15.2 Å². The third-order valence-electron chi connectivity index (χ3n) is 2.37. The Hall–Kier alpha value is -2.00. The van der Waals surface area contributed by atoms with Gasteiger partial charge in [0.05, 0.1) is 11.5 Å². The van der Waals surface area contributed by atoms with Gasteiger partial charge in [-0.1, -0.05) is 11.3 Å². The summed E-state index contributed by atoms with van der Waals surface area (Å²) in [7, 11) is 0. The van der Waals surface area contributed by atoms with Gasteiger partial charge in [0.25, 0.3) is 0 Å². The van der Waals surface area contributed by atoms with Gasteiger partial charge >= 0.3 is 0 Å². The van der Waals surface area contributed by atoms with E-state index in [2.05, 4.69) is 20.8 Å². The molecule has 0 aliphatic carbocycles. The van der Waals surface area contributed by atoms with Crippen molar-refractivity contribution in [1.82, 2.24) is 10.2 Å². The fourth-order valence-electron chi connectivity index (χ4n) is 1.47. The molecule has 1 heterocycles. The van der Waals surface area contributed by atoms with Crippen molar-refractivity contribution in [3.8, 4) is 0 Å². The monoisotopic (exact) mass is 340 g/mol. The van der Waals surface area contributed by atoms with Crippen molar-refractivity contribution >= 4 is 45.7 Å². The van der Waals surface area contributed by atoms with E-state index in [9.17, 15) is 14.0 Å². The van der Waals surface area contributed by atoms with Crippen LogP contribution in [0.5, 0.6) is 0 Å². The Morgan fingerprint density at radius 3 is 2.36 bits per heavy atom. The number of nitrogens with zero attached hydrogens (tertiary/aromatic N) is 2. The number of halogens is 1. The fraction of sp³-hybridized carbons (Fsp3) is 0.231. The molecule has 0 spiro atoms. The number of carbonyl (C=O) groups excluding carboxylic acids is 2. The van der Waals surface area contributed by atoms with Crippen LogP contribution in [-0.4, -0.2) is 33.5 Å². The van der Waals surface area contributed by atoms with Crippen molar-refractivity contribution in [2.45, 2.75) is 6.92 Å². The van der Waals surface area contributed by atoms with E-state index in [0.717, 1.165) is 5.01 Å². The number of anilines is 2. The van der Waals surface area contributed by atoms with Gasteiger partial charge in [0.2, 0.25) is 16.9 Å². The fourth-order valence-corrected chi connectivity index (χ4v) is 2.69. The molecule has 0 atom stereocenters. The number of nitrogens with one attached hydrogen (secondary N) is 2. The molecule has 2 amide bonds. The number of aryl methyl sites for hydroxylation is 1. The highest BCUT2D eigenvalue weighted by Gasteiger charge is 2.08. The third-order valence-corrected chi connectivity index (χ3v) is 4.05. The number of rotatable bonds is 6. The average Bonchev–Trinajstić information content (AvgIpc) is 2.86. The summed E-state index contributed by atoms with van der Waals surface area (Å²) in [5.41, 5.74) is 0.515. The van der Waals surface area contributed by atoms with Gasteiger partial charge in [-0.2, -0.15) is 0 Å². The number of thioether (sulfide) groups is 1. The molecular weight excluding hydrogens is 327 g/mol. The van der Waals surface area contributed by atoms with Crippen LogP contribution in [0.15, 0.2) is 24.3 Å². The molecule has 0 saturated heterocycles. The maximum absolute atomic E-state index is 12.7. The number of aromatic nitrogens is 2. The Bertz CT molecular complexity index is 660. The van der Waals surface area contributed by atoms with Gasteiger partial charge in [-0.15, -0.1) is 22.0 Å². The second-order valence-corrected chi connectivity index (χ2v) is 6.39. The zero-order chi connectivity index (χ0) is 15.9. The lowest BCUT2D eigenvalue weighted by molar-refractivity contribution is -0.114. The Morgan fingerprint density at radius 1 is 1.14 bits per heavy atom. The van der Waals surface area contributed by atoms with E-state index in [0.29, 0.717) is 10.8 Å². The summed E-state index contributed by atoms with van der Waals surface area (Å²) in [6.45, 7) is 1.79. The summed E-state index contributed by atoms with van der Waals surface area (Å²) < 4.78 is 12.7. The van der Waals surface area contributed by atoms with Gasteiger partial charge in [-0.25, -0.2) is 4.39 Å². The molecule has 2 rings (SSSR count). The van der Waals surface area contributed by atoms with Gasteiger partial charge in [0.1, 0.15) is 10.8 Å². The molecule has 0 aliphatic rings. The topological polar surface area (TPSA) is 84.0 Å². The van der Waals surface area contributed by atoms with Gasteiger partial charge in [0.15, 0.2) is 0 Å². The first-order valence-electron chi connectivity index (χ1n) is 6.26. The van der Waals surface area contributed by atoms with Crippen LogP contribution in [0, 0.1) is 12.7 Å². The SMILES string of the molecule is Cc1nnc(NC(=O)CSCC(=O)Nc2ccc(F)cc2)s1. The predicted molar refractivity (Wildman–Crippen MR) is 85.6 cm³/mol. The van der Waals surface area contributed by atoms with E-state index in [1.807, 2.05) is 0 Å². The minimum atomic E-state index is -0.365. The predicted octanol–water partition coefficient (Wildman–Crippen LogP) is 2.30. The lowest BCUT2D eigenvalue weighted by Crippen LogP contribution is -2.18. The molecule has 116 valence electrons. The van der Waals surface area contributed by atoms with Gasteiger partial charge < -0.3 is 5.32 Å². The number of hydrogen-bond acceptors (Lipinski definition) is 6. The Morgan fingerprint density at radius 2 is 1.77 bits per heavy atom. The smallest absolute Gasteiger partial charge is 0.236 e. The lowest BCUT2D eigenvalue weighted by Gasteiger charge is -2.05. The summed E-state index contributed by atoms with van der Waals surface area (Å²) in [5.74, 6) is -0.599. The van der Waals surface area contributed by atoms with Crippen LogP contribution in [0.3, 0.4) is 0 Å². The van der Waals surface area contributed by atoms with Crippen molar-refractivity contribution in [2.24, 2.45) is 0 Å². The summed E-state index contributed by atoms with van der Waals surface area (Å²) >= 11 is 2.46. The first-order chi connectivity index (χ1) is 10.5. The van der Waals surface area contributed by atoms with Crippen LogP contribution in [0.2, 0.25) is 0 Å². The molecule has 2 N–H and O–H groups in total.